The molecular formula is C10H12BrN3O2S2. The number of thioether (sulfide) groups is 2. The molecule has 1 unspecified atom stereocenters. The maximum Gasteiger partial charge on any atom is 0.288 e. The van der Waals surface area contributed by atoms with Gasteiger partial charge in [-0.2, -0.15) is 23.5 Å². The van der Waals surface area contributed by atoms with Gasteiger partial charge in [-0.15, -0.1) is 0 Å². The molecule has 98 valence electrons. The van der Waals surface area contributed by atoms with E-state index in [-0.39, 0.29) is 5.69 Å². The Bertz CT molecular complexity index is 441. The molecule has 1 N–H and O–H groups in total. The van der Waals surface area contributed by atoms with Gasteiger partial charge in [0.2, 0.25) is 0 Å². The fourth-order valence-electron chi connectivity index (χ4n) is 1.52. The second-order valence-corrected chi connectivity index (χ2v) is 7.14. The molecule has 5 nitrogen and oxygen atoms in total. The van der Waals surface area contributed by atoms with E-state index < -0.39 is 4.92 Å². The maximum atomic E-state index is 10.6. The van der Waals surface area contributed by atoms with E-state index in [1.165, 1.54) is 23.8 Å². The molecule has 2 heterocycles. The van der Waals surface area contributed by atoms with Crippen LogP contribution in [-0.4, -0.2) is 39.0 Å². The van der Waals surface area contributed by atoms with Gasteiger partial charge in [0.25, 0.3) is 5.69 Å². The molecule has 0 saturated carbocycles. The first-order chi connectivity index (χ1) is 8.66. The van der Waals surface area contributed by atoms with Crippen molar-refractivity contribution in [3.8, 4) is 0 Å². The summed E-state index contributed by atoms with van der Waals surface area (Å²) in [5.41, 5.74) is -0.00461. The fourth-order valence-corrected chi connectivity index (χ4v) is 4.61. The van der Waals surface area contributed by atoms with Gasteiger partial charge in [0.1, 0.15) is 12.0 Å². The van der Waals surface area contributed by atoms with Gasteiger partial charge >= 0.3 is 0 Å². The Morgan fingerprint density at radius 3 is 3.06 bits per heavy atom. The van der Waals surface area contributed by atoms with Crippen LogP contribution < -0.4 is 5.32 Å². The van der Waals surface area contributed by atoms with Gasteiger partial charge in [0.15, 0.2) is 0 Å². The number of rotatable bonds is 4. The summed E-state index contributed by atoms with van der Waals surface area (Å²) in [5, 5.41) is 14.4. The third-order valence-electron chi connectivity index (χ3n) is 2.42. The van der Waals surface area contributed by atoms with E-state index in [0.29, 0.717) is 15.5 Å². The van der Waals surface area contributed by atoms with Gasteiger partial charge in [-0.3, -0.25) is 10.1 Å². The predicted molar refractivity (Wildman–Crippen MR) is 80.7 cm³/mol. The normalized spacial score (nSPS) is 19.5. The molecule has 0 aromatic carbocycles. The minimum atomic E-state index is -0.449. The molecule has 0 radical (unpaired) electrons. The summed E-state index contributed by atoms with van der Waals surface area (Å²) in [6, 6.07) is 1.47. The van der Waals surface area contributed by atoms with Crippen LogP contribution in [0.5, 0.6) is 0 Å². The quantitative estimate of drug-likeness (QED) is 0.665. The summed E-state index contributed by atoms with van der Waals surface area (Å²) in [5.74, 6) is 4.21. The van der Waals surface area contributed by atoms with E-state index in [9.17, 15) is 10.1 Å². The summed E-state index contributed by atoms with van der Waals surface area (Å²) < 4.78 is 0.630. The SMILES string of the molecule is O=[N+]([O-])c1cnc(NCC2CSCCS2)c(Br)c1. The van der Waals surface area contributed by atoms with E-state index in [1.54, 1.807) is 0 Å². The highest BCUT2D eigenvalue weighted by molar-refractivity contribution is 9.10. The van der Waals surface area contributed by atoms with Gasteiger partial charge < -0.3 is 5.32 Å². The molecule has 0 aliphatic carbocycles. The molecule has 1 saturated heterocycles. The predicted octanol–water partition coefficient (Wildman–Crippen LogP) is 3.01. The van der Waals surface area contributed by atoms with Crippen molar-refractivity contribution in [3.05, 3.63) is 26.9 Å². The van der Waals surface area contributed by atoms with E-state index in [0.717, 1.165) is 12.3 Å². The lowest BCUT2D eigenvalue weighted by molar-refractivity contribution is -0.385. The van der Waals surface area contributed by atoms with Crippen molar-refractivity contribution in [1.82, 2.24) is 4.98 Å². The highest BCUT2D eigenvalue weighted by Crippen LogP contribution is 2.27. The van der Waals surface area contributed by atoms with Crippen LogP contribution in [0.1, 0.15) is 0 Å². The second kappa shape index (κ2) is 6.63. The second-order valence-electron chi connectivity index (χ2n) is 3.73. The molecule has 18 heavy (non-hydrogen) atoms. The Kier molecular flexibility index (Phi) is 5.13. The van der Waals surface area contributed by atoms with Crippen molar-refractivity contribution in [2.45, 2.75) is 5.25 Å². The maximum absolute atomic E-state index is 10.6. The lowest BCUT2D eigenvalue weighted by Gasteiger charge is -2.21. The van der Waals surface area contributed by atoms with Crippen molar-refractivity contribution in [1.29, 1.82) is 0 Å². The Balaban J connectivity index is 1.94. The summed E-state index contributed by atoms with van der Waals surface area (Å²) >= 11 is 7.23. The molecule has 0 bridgehead atoms. The van der Waals surface area contributed by atoms with Crippen molar-refractivity contribution in [2.24, 2.45) is 0 Å². The molecule has 1 aliphatic heterocycles. The Morgan fingerprint density at radius 2 is 2.44 bits per heavy atom. The van der Waals surface area contributed by atoms with Gasteiger partial charge in [-0.1, -0.05) is 0 Å². The largest absolute Gasteiger partial charge is 0.368 e. The average Bonchev–Trinajstić information content (AvgIpc) is 2.38. The molecule has 1 aromatic rings. The molecule has 1 aromatic heterocycles. The van der Waals surface area contributed by atoms with Crippen molar-refractivity contribution in [2.75, 3.05) is 29.1 Å². The zero-order chi connectivity index (χ0) is 13.0. The summed E-state index contributed by atoms with van der Waals surface area (Å²) in [6.45, 7) is 0.834. The molecule has 0 spiro atoms. The molecule has 1 fully saturated rings. The van der Waals surface area contributed by atoms with Crippen molar-refractivity contribution in [3.63, 3.8) is 0 Å². The Labute approximate surface area is 122 Å². The third kappa shape index (κ3) is 3.76. The standard InChI is InChI=1S/C10H12BrN3O2S2/c11-9-3-7(14(15)16)4-12-10(9)13-5-8-6-17-1-2-18-8/h3-4,8H,1-2,5-6H2,(H,12,13). The van der Waals surface area contributed by atoms with E-state index >= 15 is 0 Å². The number of aromatic nitrogens is 1. The fraction of sp³-hybridized carbons (Fsp3) is 0.500. The van der Waals surface area contributed by atoms with E-state index in [2.05, 4.69) is 26.2 Å². The lowest BCUT2D eigenvalue weighted by Crippen LogP contribution is -2.23. The topological polar surface area (TPSA) is 68.1 Å². The first-order valence-corrected chi connectivity index (χ1v) is 8.39. The third-order valence-corrected chi connectivity index (χ3v) is 5.87. The number of halogens is 1. The first kappa shape index (κ1) is 14.0. The Hall–Kier alpha value is -0.470. The smallest absolute Gasteiger partial charge is 0.288 e. The van der Waals surface area contributed by atoms with Gasteiger partial charge in [0.05, 0.1) is 9.40 Å². The van der Waals surface area contributed by atoms with E-state index in [4.69, 9.17) is 0 Å². The monoisotopic (exact) mass is 349 g/mol. The van der Waals surface area contributed by atoms with Crippen LogP contribution in [0.3, 0.4) is 0 Å². The number of nitrogens with zero attached hydrogens (tertiary/aromatic N) is 2. The number of nitro groups is 1. The number of nitrogens with one attached hydrogen (secondary N) is 1. The van der Waals surface area contributed by atoms with E-state index in [1.807, 2.05) is 23.5 Å². The number of anilines is 1. The molecule has 1 atom stereocenters. The van der Waals surface area contributed by atoms with Crippen LogP contribution in [0.25, 0.3) is 0 Å². The van der Waals surface area contributed by atoms with Gasteiger partial charge in [0, 0.05) is 35.1 Å². The highest BCUT2D eigenvalue weighted by atomic mass is 79.9. The molecule has 2 rings (SSSR count). The zero-order valence-corrected chi connectivity index (χ0v) is 12.7. The minimum absolute atomic E-state index is 0.00461. The van der Waals surface area contributed by atoms with Crippen LogP contribution in [-0.2, 0) is 0 Å². The van der Waals surface area contributed by atoms with Crippen LogP contribution in [0.4, 0.5) is 11.5 Å². The average molecular weight is 350 g/mol. The summed E-state index contributed by atoms with van der Waals surface area (Å²) in [4.78, 5) is 14.2. The highest BCUT2D eigenvalue weighted by Gasteiger charge is 2.15. The molecule has 0 amide bonds. The van der Waals surface area contributed by atoms with Gasteiger partial charge in [-0.25, -0.2) is 4.98 Å². The summed E-state index contributed by atoms with van der Waals surface area (Å²) in [6.07, 6.45) is 1.27. The van der Waals surface area contributed by atoms with Crippen LogP contribution in [0.2, 0.25) is 0 Å². The van der Waals surface area contributed by atoms with Crippen molar-refractivity contribution >= 4 is 51.0 Å². The number of hydrogen-bond donors (Lipinski definition) is 1. The first-order valence-electron chi connectivity index (χ1n) is 5.40. The lowest BCUT2D eigenvalue weighted by atomic mass is 10.4. The van der Waals surface area contributed by atoms with Crippen LogP contribution in [0.15, 0.2) is 16.7 Å². The number of hydrogen-bond acceptors (Lipinski definition) is 6. The van der Waals surface area contributed by atoms with Crippen LogP contribution in [0, 0.1) is 10.1 Å². The van der Waals surface area contributed by atoms with Gasteiger partial charge in [-0.05, 0) is 15.9 Å². The van der Waals surface area contributed by atoms with Crippen LogP contribution >= 0.6 is 39.5 Å². The number of pyridine rings is 1. The molecular weight excluding hydrogens is 338 g/mol. The van der Waals surface area contributed by atoms with Crippen molar-refractivity contribution < 1.29 is 4.92 Å². The minimum Gasteiger partial charge on any atom is -0.368 e. The summed E-state index contributed by atoms with van der Waals surface area (Å²) in [7, 11) is 0. The zero-order valence-electron chi connectivity index (χ0n) is 9.47. The Morgan fingerprint density at radius 1 is 1.61 bits per heavy atom. The molecule has 1 aliphatic rings. The molecule has 8 heteroatoms.